The van der Waals surface area contributed by atoms with Crippen molar-refractivity contribution in [2.75, 3.05) is 11.9 Å². The number of nitrogens with zero attached hydrogens (tertiary/aromatic N) is 1. The van der Waals surface area contributed by atoms with E-state index in [1.165, 1.54) is 29.5 Å². The van der Waals surface area contributed by atoms with Crippen LogP contribution in [0.3, 0.4) is 0 Å². The topological polar surface area (TPSA) is 32.3 Å². The molecule has 3 aromatic rings. The third kappa shape index (κ3) is 5.78. The van der Waals surface area contributed by atoms with Crippen LogP contribution in [0.25, 0.3) is 0 Å². The van der Waals surface area contributed by atoms with E-state index in [9.17, 15) is 4.79 Å². The quantitative estimate of drug-likeness (QED) is 0.353. The van der Waals surface area contributed by atoms with Gasteiger partial charge in [0.1, 0.15) is 0 Å². The Hall–Kier alpha value is -3.07. The van der Waals surface area contributed by atoms with Crippen LogP contribution in [0, 0.1) is 0 Å². The van der Waals surface area contributed by atoms with E-state index in [0.29, 0.717) is 18.4 Å². The molecule has 0 aliphatic heterocycles. The van der Waals surface area contributed by atoms with Crippen LogP contribution in [0.1, 0.15) is 87.5 Å². The van der Waals surface area contributed by atoms with Crippen molar-refractivity contribution in [3.05, 3.63) is 101 Å². The Kier molecular flexibility index (Phi) is 7.95. The summed E-state index contributed by atoms with van der Waals surface area (Å²) >= 11 is 0. The van der Waals surface area contributed by atoms with E-state index in [-0.39, 0.29) is 11.4 Å². The number of anilines is 1. The first kappa shape index (κ1) is 25.0. The Bertz CT molecular complexity index is 1070. The molecule has 1 fully saturated rings. The monoisotopic (exact) mass is 468 g/mol. The number of para-hydroxylation sites is 1. The summed E-state index contributed by atoms with van der Waals surface area (Å²) in [6.07, 6.45) is 4.66. The van der Waals surface area contributed by atoms with Crippen LogP contribution in [0.4, 0.5) is 10.5 Å². The summed E-state index contributed by atoms with van der Waals surface area (Å²) in [5.74, 6) is 0.661. The zero-order valence-electron chi connectivity index (χ0n) is 21.8. The molecular formula is C32H40N2O. The van der Waals surface area contributed by atoms with Crippen LogP contribution >= 0.6 is 0 Å². The molecule has 0 aromatic heterocycles. The van der Waals surface area contributed by atoms with E-state index < -0.39 is 0 Å². The number of urea groups is 1. The molecule has 3 aromatic carbocycles. The number of carbonyl (C=O) groups is 1. The van der Waals surface area contributed by atoms with Gasteiger partial charge in [-0.1, -0.05) is 119 Å². The molecule has 1 saturated carbocycles. The SMILES string of the molecule is CC(C)c1cccc(C(C)C)c1NC(=O)N(Cc1ccccc1)CC1(c2ccccc2)CCCC1. The Labute approximate surface area is 211 Å². The zero-order valence-corrected chi connectivity index (χ0v) is 21.8. The third-order valence-electron chi connectivity index (χ3n) is 7.55. The molecule has 184 valence electrons. The molecule has 0 spiro atoms. The number of amides is 2. The number of rotatable bonds is 8. The fraction of sp³-hybridized carbons (Fsp3) is 0.406. The molecule has 35 heavy (non-hydrogen) atoms. The minimum absolute atomic E-state index is 0.00578. The van der Waals surface area contributed by atoms with Gasteiger partial charge in [-0.3, -0.25) is 0 Å². The smallest absolute Gasteiger partial charge is 0.319 e. The average molecular weight is 469 g/mol. The van der Waals surface area contributed by atoms with Crippen LogP contribution in [-0.2, 0) is 12.0 Å². The summed E-state index contributed by atoms with van der Waals surface area (Å²) in [7, 11) is 0. The molecule has 0 bridgehead atoms. The van der Waals surface area contributed by atoms with E-state index in [2.05, 4.69) is 111 Å². The van der Waals surface area contributed by atoms with Crippen molar-refractivity contribution < 1.29 is 4.79 Å². The van der Waals surface area contributed by atoms with Crippen molar-refractivity contribution >= 4 is 11.7 Å². The summed E-state index contributed by atoms with van der Waals surface area (Å²) in [6, 6.07) is 27.6. The first-order valence-corrected chi connectivity index (χ1v) is 13.2. The molecule has 0 unspecified atom stereocenters. The molecule has 0 radical (unpaired) electrons. The molecule has 0 atom stereocenters. The first-order chi connectivity index (χ1) is 16.9. The zero-order chi connectivity index (χ0) is 24.8. The second-order valence-electron chi connectivity index (χ2n) is 10.7. The van der Waals surface area contributed by atoms with Gasteiger partial charge in [0.25, 0.3) is 0 Å². The summed E-state index contributed by atoms with van der Waals surface area (Å²) < 4.78 is 0. The van der Waals surface area contributed by atoms with Crippen LogP contribution in [0.5, 0.6) is 0 Å². The van der Waals surface area contributed by atoms with Crippen molar-refractivity contribution in [2.24, 2.45) is 0 Å². The summed E-state index contributed by atoms with van der Waals surface area (Å²) in [5, 5.41) is 3.39. The van der Waals surface area contributed by atoms with Crippen molar-refractivity contribution in [1.82, 2.24) is 4.90 Å². The Morgan fingerprint density at radius 2 is 1.34 bits per heavy atom. The lowest BCUT2D eigenvalue weighted by Gasteiger charge is -2.36. The predicted molar refractivity (Wildman–Crippen MR) is 147 cm³/mol. The normalized spacial score (nSPS) is 14.9. The highest BCUT2D eigenvalue weighted by atomic mass is 16.2. The molecule has 1 aliphatic carbocycles. The van der Waals surface area contributed by atoms with Gasteiger partial charge in [-0.2, -0.15) is 0 Å². The number of hydrogen-bond donors (Lipinski definition) is 1. The predicted octanol–water partition coefficient (Wildman–Crippen LogP) is 8.48. The molecule has 0 saturated heterocycles. The van der Waals surface area contributed by atoms with Crippen molar-refractivity contribution in [1.29, 1.82) is 0 Å². The van der Waals surface area contributed by atoms with Gasteiger partial charge in [0.05, 0.1) is 0 Å². The maximum absolute atomic E-state index is 14.0. The Balaban J connectivity index is 1.69. The van der Waals surface area contributed by atoms with Crippen molar-refractivity contribution in [3.63, 3.8) is 0 Å². The van der Waals surface area contributed by atoms with E-state index in [1.54, 1.807) is 0 Å². The van der Waals surface area contributed by atoms with Gasteiger partial charge < -0.3 is 10.2 Å². The lowest BCUT2D eigenvalue weighted by atomic mass is 9.78. The molecule has 4 rings (SSSR count). The van der Waals surface area contributed by atoms with Gasteiger partial charge in [-0.05, 0) is 46.9 Å². The summed E-state index contributed by atoms with van der Waals surface area (Å²) in [4.78, 5) is 16.1. The molecule has 0 heterocycles. The summed E-state index contributed by atoms with van der Waals surface area (Å²) in [6.45, 7) is 10.1. The van der Waals surface area contributed by atoms with Gasteiger partial charge in [0, 0.05) is 24.2 Å². The maximum Gasteiger partial charge on any atom is 0.322 e. The third-order valence-corrected chi connectivity index (χ3v) is 7.55. The van der Waals surface area contributed by atoms with Crippen LogP contribution in [0.15, 0.2) is 78.9 Å². The van der Waals surface area contributed by atoms with Gasteiger partial charge >= 0.3 is 6.03 Å². The fourth-order valence-electron chi connectivity index (χ4n) is 5.63. The highest BCUT2D eigenvalue weighted by Crippen LogP contribution is 2.42. The molecule has 3 nitrogen and oxygen atoms in total. The average Bonchev–Trinajstić information content (AvgIpc) is 3.34. The van der Waals surface area contributed by atoms with E-state index in [1.807, 2.05) is 6.07 Å². The highest BCUT2D eigenvalue weighted by molar-refractivity contribution is 5.91. The number of carbonyl (C=O) groups excluding carboxylic acids is 1. The summed E-state index contributed by atoms with van der Waals surface area (Å²) in [5.41, 5.74) is 5.90. The molecule has 1 N–H and O–H groups in total. The lowest BCUT2D eigenvalue weighted by Crippen LogP contribution is -2.44. The first-order valence-electron chi connectivity index (χ1n) is 13.2. The van der Waals surface area contributed by atoms with Crippen LogP contribution in [-0.4, -0.2) is 17.5 Å². The minimum Gasteiger partial charge on any atom is -0.319 e. The molecular weight excluding hydrogens is 428 g/mol. The van der Waals surface area contributed by atoms with Gasteiger partial charge in [0.2, 0.25) is 0 Å². The van der Waals surface area contributed by atoms with E-state index in [0.717, 1.165) is 30.6 Å². The van der Waals surface area contributed by atoms with Gasteiger partial charge in [-0.25, -0.2) is 4.79 Å². The number of benzene rings is 3. The van der Waals surface area contributed by atoms with Gasteiger partial charge in [0.15, 0.2) is 0 Å². The van der Waals surface area contributed by atoms with E-state index in [4.69, 9.17) is 0 Å². The second kappa shape index (κ2) is 11.1. The largest absolute Gasteiger partial charge is 0.322 e. The Morgan fingerprint density at radius 3 is 1.89 bits per heavy atom. The van der Waals surface area contributed by atoms with Crippen molar-refractivity contribution in [2.45, 2.75) is 77.2 Å². The van der Waals surface area contributed by atoms with Gasteiger partial charge in [-0.15, -0.1) is 0 Å². The number of nitrogens with one attached hydrogen (secondary N) is 1. The fourth-order valence-corrected chi connectivity index (χ4v) is 5.63. The molecule has 2 amide bonds. The van der Waals surface area contributed by atoms with Crippen LogP contribution < -0.4 is 5.32 Å². The van der Waals surface area contributed by atoms with Crippen molar-refractivity contribution in [3.8, 4) is 0 Å². The maximum atomic E-state index is 14.0. The molecule has 1 aliphatic rings. The number of hydrogen-bond acceptors (Lipinski definition) is 1. The highest BCUT2D eigenvalue weighted by Gasteiger charge is 2.38. The minimum atomic E-state index is -0.00828. The van der Waals surface area contributed by atoms with E-state index >= 15 is 0 Å². The lowest BCUT2D eigenvalue weighted by molar-refractivity contribution is 0.189. The Morgan fingerprint density at radius 1 is 0.800 bits per heavy atom. The molecule has 3 heteroatoms. The standard InChI is InChI=1S/C32H40N2O/c1-24(2)28-18-13-19-29(25(3)4)30(28)33-31(35)34(22-26-14-7-5-8-15-26)23-32(20-11-12-21-32)27-16-9-6-10-17-27/h5-10,13-19,24-25H,11-12,20-23H2,1-4H3,(H,33,35). The second-order valence-corrected chi connectivity index (χ2v) is 10.7. The van der Waals surface area contributed by atoms with Crippen LogP contribution in [0.2, 0.25) is 0 Å².